The quantitative estimate of drug-likeness (QED) is 0.852. The first-order valence-electron chi connectivity index (χ1n) is 8.29. The second-order valence-corrected chi connectivity index (χ2v) is 6.87. The number of carbonyl (C=O) groups is 1. The summed E-state index contributed by atoms with van der Waals surface area (Å²) in [7, 11) is 0. The van der Waals surface area contributed by atoms with Crippen molar-refractivity contribution in [1.82, 2.24) is 9.47 Å². The first-order valence-corrected chi connectivity index (χ1v) is 8.29. The molecule has 1 amide bonds. The Kier molecular flexibility index (Phi) is 4.39. The Morgan fingerprint density at radius 3 is 2.58 bits per heavy atom. The Labute approximate surface area is 141 Å². The number of rotatable bonds is 2. The van der Waals surface area contributed by atoms with Crippen molar-refractivity contribution in [2.45, 2.75) is 26.8 Å². The highest BCUT2D eigenvalue weighted by atomic mass is 16.2. The van der Waals surface area contributed by atoms with E-state index in [-0.39, 0.29) is 23.4 Å². The van der Waals surface area contributed by atoms with Crippen molar-refractivity contribution >= 4 is 16.8 Å². The number of carbonyl (C=O) groups excluding carboxylic acids is 1. The van der Waals surface area contributed by atoms with Crippen LogP contribution < -0.4 is 5.43 Å². The molecule has 0 unspecified atom stereocenters. The van der Waals surface area contributed by atoms with Crippen LogP contribution in [0.5, 0.6) is 0 Å². The van der Waals surface area contributed by atoms with E-state index in [1.807, 2.05) is 23.1 Å². The van der Waals surface area contributed by atoms with Crippen LogP contribution in [-0.4, -0.2) is 28.5 Å². The van der Waals surface area contributed by atoms with Gasteiger partial charge in [-0.15, -0.1) is 0 Å². The maximum Gasteiger partial charge on any atom is 0.242 e. The molecular weight excluding hydrogens is 302 g/mol. The second-order valence-electron chi connectivity index (χ2n) is 6.87. The third-order valence-electron chi connectivity index (χ3n) is 4.64. The van der Waals surface area contributed by atoms with E-state index < -0.39 is 0 Å². The zero-order valence-electron chi connectivity index (χ0n) is 14.0. The van der Waals surface area contributed by atoms with Crippen molar-refractivity contribution in [1.29, 1.82) is 5.26 Å². The van der Waals surface area contributed by atoms with E-state index >= 15 is 0 Å². The minimum absolute atomic E-state index is 0.0334. The van der Waals surface area contributed by atoms with Gasteiger partial charge in [-0.3, -0.25) is 9.59 Å². The van der Waals surface area contributed by atoms with Gasteiger partial charge in [0, 0.05) is 24.7 Å². The van der Waals surface area contributed by atoms with E-state index in [1.54, 1.807) is 16.7 Å². The molecule has 1 aromatic heterocycles. The van der Waals surface area contributed by atoms with E-state index in [1.165, 1.54) is 6.20 Å². The molecule has 0 aliphatic carbocycles. The molecule has 5 heteroatoms. The standard InChI is InChI=1S/C19H21N3O2/c1-13-7-14(2)10-22(9-13)18(23)12-21-11-15(8-20)19(24)16-5-3-4-6-17(16)21/h3-6,11,13-14H,7,9-10,12H2,1-2H3/t13-,14-/m1/s1. The summed E-state index contributed by atoms with van der Waals surface area (Å²) >= 11 is 0. The lowest BCUT2D eigenvalue weighted by Crippen LogP contribution is -2.44. The summed E-state index contributed by atoms with van der Waals surface area (Å²) in [6.07, 6.45) is 2.64. The monoisotopic (exact) mass is 323 g/mol. The first-order chi connectivity index (χ1) is 11.5. The molecule has 0 saturated carbocycles. The molecule has 1 aliphatic rings. The topological polar surface area (TPSA) is 66.1 Å². The molecule has 1 saturated heterocycles. The summed E-state index contributed by atoms with van der Waals surface area (Å²) < 4.78 is 1.72. The smallest absolute Gasteiger partial charge is 0.242 e. The second kappa shape index (κ2) is 6.48. The molecule has 2 atom stereocenters. The van der Waals surface area contributed by atoms with Gasteiger partial charge in [-0.05, 0) is 30.4 Å². The Morgan fingerprint density at radius 1 is 1.25 bits per heavy atom. The lowest BCUT2D eigenvalue weighted by atomic mass is 9.92. The number of para-hydroxylation sites is 1. The van der Waals surface area contributed by atoms with E-state index in [4.69, 9.17) is 0 Å². The van der Waals surface area contributed by atoms with Gasteiger partial charge < -0.3 is 9.47 Å². The van der Waals surface area contributed by atoms with E-state index in [2.05, 4.69) is 13.8 Å². The number of nitriles is 1. The molecule has 0 spiro atoms. The number of nitrogens with zero attached hydrogens (tertiary/aromatic N) is 3. The largest absolute Gasteiger partial charge is 0.341 e. The number of fused-ring (bicyclic) bond motifs is 1. The number of hydrogen-bond acceptors (Lipinski definition) is 3. The van der Waals surface area contributed by atoms with Crippen LogP contribution in [0.15, 0.2) is 35.3 Å². The Morgan fingerprint density at radius 2 is 1.92 bits per heavy atom. The fourth-order valence-corrected chi connectivity index (χ4v) is 3.67. The summed E-state index contributed by atoms with van der Waals surface area (Å²) in [4.78, 5) is 26.9. The molecule has 1 fully saturated rings. The highest BCUT2D eigenvalue weighted by molar-refractivity contribution is 5.83. The summed E-state index contributed by atoms with van der Waals surface area (Å²) in [5, 5.41) is 9.67. The van der Waals surface area contributed by atoms with Crippen LogP contribution in [-0.2, 0) is 11.3 Å². The normalized spacial score (nSPS) is 20.8. The third-order valence-corrected chi connectivity index (χ3v) is 4.64. The molecule has 2 aromatic rings. The highest BCUT2D eigenvalue weighted by Crippen LogP contribution is 2.21. The summed E-state index contributed by atoms with van der Waals surface area (Å²) in [5.41, 5.74) is 0.479. The SMILES string of the molecule is C[C@@H]1C[C@@H](C)CN(C(=O)Cn2cc(C#N)c(=O)c3ccccc32)C1. The summed E-state index contributed by atoms with van der Waals surface area (Å²) in [5.74, 6) is 1.03. The van der Waals surface area contributed by atoms with Crippen molar-refractivity contribution in [3.05, 3.63) is 46.2 Å². The first kappa shape index (κ1) is 16.3. The summed E-state index contributed by atoms with van der Waals surface area (Å²) in [6, 6.07) is 9.05. The van der Waals surface area contributed by atoms with Gasteiger partial charge in [-0.1, -0.05) is 26.0 Å². The number of pyridine rings is 1. The minimum Gasteiger partial charge on any atom is -0.341 e. The fraction of sp³-hybridized carbons (Fsp3) is 0.421. The van der Waals surface area contributed by atoms with Crippen molar-refractivity contribution in [2.24, 2.45) is 11.8 Å². The van der Waals surface area contributed by atoms with Crippen LogP contribution in [0.25, 0.3) is 10.9 Å². The molecule has 1 aromatic carbocycles. The van der Waals surface area contributed by atoms with Crippen molar-refractivity contribution in [3.63, 3.8) is 0 Å². The molecule has 5 nitrogen and oxygen atoms in total. The molecule has 1 aliphatic heterocycles. The predicted molar refractivity (Wildman–Crippen MR) is 92.4 cm³/mol. The molecule has 3 rings (SSSR count). The average Bonchev–Trinajstić information content (AvgIpc) is 2.56. The maximum atomic E-state index is 12.7. The van der Waals surface area contributed by atoms with Gasteiger partial charge >= 0.3 is 0 Å². The van der Waals surface area contributed by atoms with Crippen LogP contribution in [0, 0.1) is 23.2 Å². The van der Waals surface area contributed by atoms with Crippen LogP contribution in [0.2, 0.25) is 0 Å². The van der Waals surface area contributed by atoms with Gasteiger partial charge in [0.15, 0.2) is 0 Å². The van der Waals surface area contributed by atoms with Crippen molar-refractivity contribution in [2.75, 3.05) is 13.1 Å². The molecular formula is C19H21N3O2. The predicted octanol–water partition coefficient (Wildman–Crippen LogP) is 2.38. The Hall–Kier alpha value is -2.61. The molecule has 0 bridgehead atoms. The molecule has 0 N–H and O–H groups in total. The highest BCUT2D eigenvalue weighted by Gasteiger charge is 2.25. The molecule has 0 radical (unpaired) electrons. The number of amides is 1. The lowest BCUT2D eigenvalue weighted by Gasteiger charge is -2.35. The number of aromatic nitrogens is 1. The fourth-order valence-electron chi connectivity index (χ4n) is 3.67. The maximum absolute atomic E-state index is 12.7. The average molecular weight is 323 g/mol. The van der Waals surface area contributed by atoms with Gasteiger partial charge in [-0.2, -0.15) is 5.26 Å². The van der Waals surface area contributed by atoms with Crippen LogP contribution in [0.1, 0.15) is 25.8 Å². The van der Waals surface area contributed by atoms with Crippen molar-refractivity contribution < 1.29 is 4.79 Å². The van der Waals surface area contributed by atoms with Crippen LogP contribution in [0.3, 0.4) is 0 Å². The van der Waals surface area contributed by atoms with E-state index in [9.17, 15) is 14.9 Å². The van der Waals surface area contributed by atoms with Crippen LogP contribution >= 0.6 is 0 Å². The summed E-state index contributed by atoms with van der Waals surface area (Å²) in [6.45, 7) is 6.02. The molecule has 24 heavy (non-hydrogen) atoms. The van der Waals surface area contributed by atoms with Crippen LogP contribution in [0.4, 0.5) is 0 Å². The Bertz CT molecular complexity index is 868. The van der Waals surface area contributed by atoms with E-state index in [0.29, 0.717) is 22.7 Å². The minimum atomic E-state index is -0.281. The van der Waals surface area contributed by atoms with Gasteiger partial charge in [0.1, 0.15) is 18.2 Å². The van der Waals surface area contributed by atoms with Gasteiger partial charge in [0.05, 0.1) is 5.52 Å². The van der Waals surface area contributed by atoms with Gasteiger partial charge in [0.2, 0.25) is 11.3 Å². The van der Waals surface area contributed by atoms with Gasteiger partial charge in [0.25, 0.3) is 0 Å². The number of benzene rings is 1. The van der Waals surface area contributed by atoms with E-state index in [0.717, 1.165) is 19.5 Å². The third kappa shape index (κ3) is 3.05. The zero-order valence-corrected chi connectivity index (χ0v) is 14.0. The zero-order chi connectivity index (χ0) is 17.3. The Balaban J connectivity index is 1.95. The molecule has 124 valence electrons. The van der Waals surface area contributed by atoms with Crippen molar-refractivity contribution in [3.8, 4) is 6.07 Å². The molecule has 2 heterocycles. The van der Waals surface area contributed by atoms with Gasteiger partial charge in [-0.25, -0.2) is 0 Å². The number of hydrogen-bond donors (Lipinski definition) is 0. The lowest BCUT2D eigenvalue weighted by molar-refractivity contribution is -0.134. The number of piperidine rings is 1. The number of likely N-dealkylation sites (tertiary alicyclic amines) is 1.